The van der Waals surface area contributed by atoms with Crippen LogP contribution in [-0.4, -0.2) is 43.9 Å². The maximum Gasteiger partial charge on any atom is 0.185 e. The van der Waals surface area contributed by atoms with E-state index in [1.807, 2.05) is 6.08 Å². The molecule has 36 heavy (non-hydrogen) atoms. The van der Waals surface area contributed by atoms with Gasteiger partial charge in [0.05, 0.1) is 22.6 Å². The Hall–Kier alpha value is -4.23. The minimum Gasteiger partial charge on any atom is -0.508 e. The first kappa shape index (κ1) is 21.1. The number of hydrogen-bond acceptors (Lipinski definition) is 7. The van der Waals surface area contributed by atoms with E-state index in [1.54, 1.807) is 18.2 Å². The Morgan fingerprint density at radius 3 is 2.42 bits per heavy atom. The molecule has 7 nitrogen and oxygen atoms in total. The second kappa shape index (κ2) is 6.71. The maximum atomic E-state index is 13.6. The summed E-state index contributed by atoms with van der Waals surface area (Å²) in [5, 5.41) is 42.9. The minimum atomic E-state index is -1.12. The molecule has 5 aliphatic carbocycles. The summed E-state index contributed by atoms with van der Waals surface area (Å²) in [6.45, 7) is 0. The lowest BCUT2D eigenvalue weighted by Crippen LogP contribution is -2.43. The fourth-order valence-electron chi connectivity index (χ4n) is 7.16. The number of hydrogen-bond donors (Lipinski definition) is 4. The van der Waals surface area contributed by atoms with Crippen LogP contribution in [0.1, 0.15) is 51.1 Å². The number of allylic oxidation sites excluding steroid dienone is 6. The highest BCUT2D eigenvalue weighted by Gasteiger charge is 2.61. The largest absolute Gasteiger partial charge is 0.508 e. The minimum absolute atomic E-state index is 0.0337. The highest BCUT2D eigenvalue weighted by molar-refractivity contribution is 6.17. The smallest absolute Gasteiger partial charge is 0.185 e. The van der Waals surface area contributed by atoms with Gasteiger partial charge in [-0.25, -0.2) is 0 Å². The van der Waals surface area contributed by atoms with Crippen LogP contribution >= 0.6 is 0 Å². The lowest BCUT2D eigenvalue weighted by Gasteiger charge is -2.45. The number of aliphatic hydroxyl groups is 1. The standard InChI is InChI=1S/C29H20O7/c30-13-10-15-25(23(36)11-13)21(34)8-12-9-22(35)26-16(2-1-3-18(26)31)29(12)17-5-7-20(33)27-19(32)6-4-14(24(17)27)28(15)29/h1-6,10-12,20,30-31,33,36H,7-9H2/t12-,20?,29-/m1/s1. The topological polar surface area (TPSA) is 132 Å². The molecule has 7 heteroatoms. The van der Waals surface area contributed by atoms with E-state index in [0.717, 1.165) is 6.07 Å². The third-order valence-electron chi connectivity index (χ3n) is 8.31. The van der Waals surface area contributed by atoms with E-state index in [2.05, 4.69) is 0 Å². The van der Waals surface area contributed by atoms with Crippen molar-refractivity contribution in [1.82, 2.24) is 0 Å². The van der Waals surface area contributed by atoms with Crippen molar-refractivity contribution in [3.63, 3.8) is 0 Å². The van der Waals surface area contributed by atoms with Gasteiger partial charge in [0.15, 0.2) is 17.3 Å². The molecule has 1 spiro atoms. The molecule has 3 atom stereocenters. The maximum absolute atomic E-state index is 13.6. The van der Waals surface area contributed by atoms with Gasteiger partial charge in [0.1, 0.15) is 17.2 Å². The van der Waals surface area contributed by atoms with E-state index >= 15 is 0 Å². The number of fused-ring (bicyclic) bond motifs is 3. The Balaban J connectivity index is 1.73. The molecular formula is C29H20O7. The van der Waals surface area contributed by atoms with Crippen LogP contribution in [0.4, 0.5) is 0 Å². The average molecular weight is 480 g/mol. The Kier molecular flexibility index (Phi) is 3.93. The molecule has 7 rings (SSSR count). The molecule has 0 fully saturated rings. The molecule has 0 saturated carbocycles. The molecule has 0 radical (unpaired) electrons. The number of benzene rings is 2. The summed E-state index contributed by atoms with van der Waals surface area (Å²) in [7, 11) is 0. The lowest BCUT2D eigenvalue weighted by atomic mass is 9.55. The highest BCUT2D eigenvalue weighted by Crippen LogP contribution is 2.68. The van der Waals surface area contributed by atoms with E-state index in [1.165, 1.54) is 18.2 Å². The molecule has 4 N–H and O–H groups in total. The van der Waals surface area contributed by atoms with Crippen molar-refractivity contribution >= 4 is 22.9 Å². The zero-order chi connectivity index (χ0) is 25.1. The fourth-order valence-corrected chi connectivity index (χ4v) is 7.16. The molecule has 0 aromatic heterocycles. The van der Waals surface area contributed by atoms with E-state index in [4.69, 9.17) is 0 Å². The van der Waals surface area contributed by atoms with Gasteiger partial charge in [-0.2, -0.15) is 0 Å². The van der Waals surface area contributed by atoms with Crippen molar-refractivity contribution in [2.24, 2.45) is 5.92 Å². The van der Waals surface area contributed by atoms with Crippen molar-refractivity contribution in [1.29, 1.82) is 0 Å². The van der Waals surface area contributed by atoms with Crippen LogP contribution in [0, 0.1) is 5.92 Å². The fraction of sp³-hybridized carbons (Fsp3) is 0.207. The predicted molar refractivity (Wildman–Crippen MR) is 128 cm³/mol. The molecule has 178 valence electrons. The lowest BCUT2D eigenvalue weighted by molar-refractivity contribution is -0.112. The van der Waals surface area contributed by atoms with Crippen LogP contribution in [0.25, 0.3) is 5.57 Å². The van der Waals surface area contributed by atoms with Gasteiger partial charge >= 0.3 is 0 Å². The second-order valence-corrected chi connectivity index (χ2v) is 9.99. The normalized spacial score (nSPS) is 27.7. The molecule has 1 unspecified atom stereocenters. The van der Waals surface area contributed by atoms with Crippen molar-refractivity contribution in [3.8, 4) is 17.2 Å². The van der Waals surface area contributed by atoms with Gasteiger partial charge in [-0.05, 0) is 64.0 Å². The van der Waals surface area contributed by atoms with Gasteiger partial charge in [0, 0.05) is 24.5 Å². The third-order valence-corrected chi connectivity index (χ3v) is 8.31. The number of rotatable bonds is 0. The van der Waals surface area contributed by atoms with Crippen LogP contribution in [0.15, 0.2) is 70.9 Å². The van der Waals surface area contributed by atoms with Gasteiger partial charge < -0.3 is 20.4 Å². The summed E-state index contributed by atoms with van der Waals surface area (Å²) in [6.07, 6.45) is 3.95. The Bertz CT molecular complexity index is 1620. The van der Waals surface area contributed by atoms with Crippen LogP contribution in [0.3, 0.4) is 0 Å². The van der Waals surface area contributed by atoms with Gasteiger partial charge in [-0.15, -0.1) is 0 Å². The predicted octanol–water partition coefficient (Wildman–Crippen LogP) is 3.42. The monoisotopic (exact) mass is 480 g/mol. The summed E-state index contributed by atoms with van der Waals surface area (Å²) in [4.78, 5) is 39.9. The van der Waals surface area contributed by atoms with Gasteiger partial charge in [-0.3, -0.25) is 14.4 Å². The number of aromatic hydroxyl groups is 3. The molecule has 5 aliphatic rings. The van der Waals surface area contributed by atoms with Crippen LogP contribution in [0.2, 0.25) is 0 Å². The van der Waals surface area contributed by atoms with Gasteiger partial charge in [-0.1, -0.05) is 24.3 Å². The molecule has 0 heterocycles. The van der Waals surface area contributed by atoms with Crippen molar-refractivity contribution in [2.45, 2.75) is 30.8 Å². The third kappa shape index (κ3) is 2.29. The molecule has 0 saturated heterocycles. The summed E-state index contributed by atoms with van der Waals surface area (Å²) in [5.41, 5.74) is 2.63. The summed E-state index contributed by atoms with van der Waals surface area (Å²) < 4.78 is 0. The van der Waals surface area contributed by atoms with E-state index in [-0.39, 0.29) is 70.6 Å². The summed E-state index contributed by atoms with van der Waals surface area (Å²) in [5.74, 6) is -2.31. The van der Waals surface area contributed by atoms with Crippen molar-refractivity contribution < 1.29 is 34.8 Å². The summed E-state index contributed by atoms with van der Waals surface area (Å²) >= 11 is 0. The SMILES string of the molecule is O=C1C=CC2=C3c4cc(O)cc(O)c4C(=O)C[C@@H]4CC(=O)c5c(O)cccc5[C@]34C3=CCC(O)C1=C32. The number of phenolic OH excluding ortho intramolecular Hbond substituents is 3. The van der Waals surface area contributed by atoms with Gasteiger partial charge in [0.25, 0.3) is 0 Å². The van der Waals surface area contributed by atoms with Crippen molar-refractivity contribution in [3.05, 3.63) is 93.1 Å². The second-order valence-electron chi connectivity index (χ2n) is 9.99. The number of ketones is 3. The van der Waals surface area contributed by atoms with Crippen LogP contribution < -0.4 is 0 Å². The molecule has 2 aromatic carbocycles. The number of carbonyl (C=O) groups excluding carboxylic acids is 3. The Labute approximate surface area is 205 Å². The molecule has 0 bridgehead atoms. The van der Waals surface area contributed by atoms with E-state index < -0.39 is 17.4 Å². The first-order valence-corrected chi connectivity index (χ1v) is 11.8. The zero-order valence-electron chi connectivity index (χ0n) is 18.9. The quantitative estimate of drug-likeness (QED) is 0.454. The molecular weight excluding hydrogens is 460 g/mol. The number of carbonyl (C=O) groups is 3. The average Bonchev–Trinajstić information content (AvgIpc) is 3.05. The molecule has 0 aliphatic heterocycles. The number of aliphatic hydroxyl groups excluding tert-OH is 1. The molecule has 0 amide bonds. The van der Waals surface area contributed by atoms with Crippen LogP contribution in [0.5, 0.6) is 17.2 Å². The highest BCUT2D eigenvalue weighted by atomic mass is 16.3. The van der Waals surface area contributed by atoms with Crippen LogP contribution in [-0.2, 0) is 10.2 Å². The first-order chi connectivity index (χ1) is 17.2. The number of Topliss-reactive ketones (excluding diaryl/α,β-unsaturated/α-hetero) is 2. The van der Waals surface area contributed by atoms with Gasteiger partial charge in [0.2, 0.25) is 0 Å². The Morgan fingerprint density at radius 2 is 1.64 bits per heavy atom. The number of phenols is 3. The van der Waals surface area contributed by atoms with E-state index in [0.29, 0.717) is 33.4 Å². The molecule has 2 aromatic rings. The van der Waals surface area contributed by atoms with E-state index in [9.17, 15) is 34.8 Å². The first-order valence-electron chi connectivity index (χ1n) is 11.8. The summed E-state index contributed by atoms with van der Waals surface area (Å²) in [6, 6.07) is 7.39. The Morgan fingerprint density at radius 1 is 0.889 bits per heavy atom. The zero-order valence-corrected chi connectivity index (χ0v) is 18.9. The van der Waals surface area contributed by atoms with Crippen molar-refractivity contribution in [2.75, 3.05) is 0 Å².